The summed E-state index contributed by atoms with van der Waals surface area (Å²) in [4.78, 5) is 17.9. The summed E-state index contributed by atoms with van der Waals surface area (Å²) in [7, 11) is 0. The predicted molar refractivity (Wildman–Crippen MR) is 134 cm³/mol. The van der Waals surface area contributed by atoms with Gasteiger partial charge in [-0.2, -0.15) is 15.5 Å². The molecule has 11 heteroatoms. The zero-order valence-electron chi connectivity index (χ0n) is 19.6. The van der Waals surface area contributed by atoms with Gasteiger partial charge in [-0.1, -0.05) is 17.4 Å². The number of aromatic nitrogens is 5. The lowest BCUT2D eigenvalue weighted by atomic mass is 10.1. The molecule has 1 aliphatic heterocycles. The van der Waals surface area contributed by atoms with E-state index in [9.17, 15) is 4.79 Å². The van der Waals surface area contributed by atoms with Crippen LogP contribution in [0.25, 0.3) is 10.9 Å². The number of carbonyl (C=O) groups excluding carboxylic acids is 1. The van der Waals surface area contributed by atoms with Crippen LogP contribution in [-0.2, 0) is 11.3 Å². The number of nitrogens with one attached hydrogen (secondary N) is 2. The number of amides is 1. The highest BCUT2D eigenvalue weighted by molar-refractivity contribution is 7.17. The van der Waals surface area contributed by atoms with Crippen molar-refractivity contribution >= 4 is 44.8 Å². The molecule has 1 aliphatic rings. The van der Waals surface area contributed by atoms with Crippen molar-refractivity contribution < 1.29 is 9.53 Å². The van der Waals surface area contributed by atoms with Crippen LogP contribution < -0.4 is 10.6 Å². The molecule has 3 aromatic heterocycles. The van der Waals surface area contributed by atoms with E-state index in [4.69, 9.17) is 10.00 Å². The van der Waals surface area contributed by atoms with Crippen LogP contribution in [0.4, 0.5) is 16.6 Å². The van der Waals surface area contributed by atoms with E-state index in [-0.39, 0.29) is 12.1 Å². The van der Waals surface area contributed by atoms with Gasteiger partial charge in [-0.25, -0.2) is 9.67 Å². The Bertz CT molecular complexity index is 1410. The summed E-state index contributed by atoms with van der Waals surface area (Å²) < 4.78 is 9.59. The minimum absolute atomic E-state index is 0.0744. The molecule has 35 heavy (non-hydrogen) atoms. The Labute approximate surface area is 206 Å². The monoisotopic (exact) mass is 490 g/mol. The standard InChI is InChI=1S/C24H26N8O2S/c1-15-7-8-18-17(13-27-32(18)21-6-3-4-11-34-21)22(15)29-23(33)19-14-26-24(35-19)28-20-12-16(2)31(30-20)10-5-9-25/h7-8,12-14,21H,3-6,10-11H2,1-2H3,(H,29,33)(H,26,28,30). The number of rotatable bonds is 7. The van der Waals surface area contributed by atoms with Gasteiger partial charge < -0.3 is 15.4 Å². The molecular weight excluding hydrogens is 464 g/mol. The molecule has 1 fully saturated rings. The average molecular weight is 491 g/mol. The lowest BCUT2D eigenvalue weighted by molar-refractivity contribution is -0.0366. The lowest BCUT2D eigenvalue weighted by Crippen LogP contribution is -2.19. The van der Waals surface area contributed by atoms with Crippen molar-refractivity contribution in [1.29, 1.82) is 5.26 Å². The van der Waals surface area contributed by atoms with Gasteiger partial charge in [0.25, 0.3) is 5.91 Å². The molecule has 0 aliphatic carbocycles. The third-order valence-electron chi connectivity index (χ3n) is 6.04. The molecule has 1 amide bonds. The number of hydrogen-bond donors (Lipinski definition) is 2. The van der Waals surface area contributed by atoms with Crippen LogP contribution in [-0.4, -0.2) is 37.1 Å². The van der Waals surface area contributed by atoms with Crippen LogP contribution in [0.15, 0.2) is 30.6 Å². The molecule has 1 saturated heterocycles. The van der Waals surface area contributed by atoms with Gasteiger partial charge in [-0.05, 0) is 44.7 Å². The van der Waals surface area contributed by atoms with E-state index in [0.717, 1.165) is 53.7 Å². The molecule has 180 valence electrons. The summed E-state index contributed by atoms with van der Waals surface area (Å²) in [6, 6.07) is 8.02. The molecule has 1 atom stereocenters. The first-order valence-electron chi connectivity index (χ1n) is 11.6. The highest BCUT2D eigenvalue weighted by Crippen LogP contribution is 2.32. The van der Waals surface area contributed by atoms with Crippen LogP contribution in [0.3, 0.4) is 0 Å². The van der Waals surface area contributed by atoms with Crippen LogP contribution in [0, 0.1) is 25.2 Å². The Morgan fingerprint density at radius 3 is 3.00 bits per heavy atom. The van der Waals surface area contributed by atoms with Crippen molar-refractivity contribution in [1.82, 2.24) is 24.5 Å². The highest BCUT2D eigenvalue weighted by Gasteiger charge is 2.21. The Morgan fingerprint density at radius 2 is 2.20 bits per heavy atom. The van der Waals surface area contributed by atoms with Crippen molar-refractivity contribution in [3.05, 3.63) is 46.7 Å². The van der Waals surface area contributed by atoms with E-state index in [2.05, 4.69) is 31.9 Å². The molecule has 0 saturated carbocycles. The predicted octanol–water partition coefficient (Wildman–Crippen LogP) is 4.91. The van der Waals surface area contributed by atoms with E-state index in [0.29, 0.717) is 28.8 Å². The Hall–Kier alpha value is -3.75. The van der Waals surface area contributed by atoms with Gasteiger partial charge in [0, 0.05) is 23.8 Å². The van der Waals surface area contributed by atoms with Gasteiger partial charge in [0.05, 0.1) is 42.6 Å². The Kier molecular flexibility index (Phi) is 6.48. The van der Waals surface area contributed by atoms with Crippen LogP contribution in [0.5, 0.6) is 0 Å². The first kappa shape index (κ1) is 23.0. The average Bonchev–Trinajstić information content (AvgIpc) is 3.59. The van der Waals surface area contributed by atoms with Crippen LogP contribution >= 0.6 is 11.3 Å². The fourth-order valence-electron chi connectivity index (χ4n) is 4.22. The van der Waals surface area contributed by atoms with E-state index < -0.39 is 0 Å². The summed E-state index contributed by atoms with van der Waals surface area (Å²) >= 11 is 1.25. The van der Waals surface area contributed by atoms with E-state index in [1.165, 1.54) is 11.3 Å². The van der Waals surface area contributed by atoms with Crippen molar-refractivity contribution in [2.75, 3.05) is 17.2 Å². The lowest BCUT2D eigenvalue weighted by Gasteiger charge is -2.23. The van der Waals surface area contributed by atoms with Gasteiger partial charge in [0.2, 0.25) is 0 Å². The fourth-order valence-corrected chi connectivity index (χ4v) is 4.94. The van der Waals surface area contributed by atoms with E-state index in [1.807, 2.05) is 36.7 Å². The van der Waals surface area contributed by atoms with E-state index in [1.54, 1.807) is 17.1 Å². The third kappa shape index (κ3) is 4.76. The Morgan fingerprint density at radius 1 is 1.31 bits per heavy atom. The number of ether oxygens (including phenoxy) is 1. The Balaban J connectivity index is 1.32. The molecule has 0 spiro atoms. The maximum atomic E-state index is 13.1. The smallest absolute Gasteiger partial charge is 0.267 e. The number of nitrogens with zero attached hydrogens (tertiary/aromatic N) is 6. The van der Waals surface area contributed by atoms with Crippen molar-refractivity contribution in [3.8, 4) is 6.07 Å². The second kappa shape index (κ2) is 9.85. The summed E-state index contributed by atoms with van der Waals surface area (Å²) in [5.41, 5.74) is 3.58. The molecule has 10 nitrogen and oxygen atoms in total. The first-order chi connectivity index (χ1) is 17.0. The number of aryl methyl sites for hydroxylation is 3. The maximum Gasteiger partial charge on any atom is 0.267 e. The normalized spacial score (nSPS) is 15.7. The minimum atomic E-state index is -0.233. The summed E-state index contributed by atoms with van der Waals surface area (Å²) in [5, 5.41) is 25.5. The molecule has 4 heterocycles. The SMILES string of the molecule is Cc1ccc2c(cnn2C2CCCCO2)c1NC(=O)c1cnc(Nc2cc(C)n(CCC#N)n2)s1. The van der Waals surface area contributed by atoms with Gasteiger partial charge in [0.15, 0.2) is 17.2 Å². The van der Waals surface area contributed by atoms with Crippen molar-refractivity contribution in [2.45, 2.75) is 52.3 Å². The maximum absolute atomic E-state index is 13.1. The second-order valence-electron chi connectivity index (χ2n) is 8.51. The number of nitriles is 1. The van der Waals surface area contributed by atoms with Crippen LogP contribution in [0.1, 0.15) is 52.8 Å². The van der Waals surface area contributed by atoms with Crippen LogP contribution in [0.2, 0.25) is 0 Å². The zero-order valence-corrected chi connectivity index (χ0v) is 20.4. The molecule has 4 aromatic rings. The molecule has 5 rings (SSSR count). The number of anilines is 3. The first-order valence-corrected chi connectivity index (χ1v) is 12.4. The van der Waals surface area contributed by atoms with Gasteiger partial charge in [-0.3, -0.25) is 9.48 Å². The highest BCUT2D eigenvalue weighted by atomic mass is 32.1. The third-order valence-corrected chi connectivity index (χ3v) is 6.95. The summed E-state index contributed by atoms with van der Waals surface area (Å²) in [6.45, 7) is 5.17. The number of carbonyl (C=O) groups is 1. The minimum Gasteiger partial charge on any atom is -0.356 e. The summed E-state index contributed by atoms with van der Waals surface area (Å²) in [6.07, 6.45) is 6.78. The second-order valence-corrected chi connectivity index (χ2v) is 9.54. The quantitative estimate of drug-likeness (QED) is 0.377. The molecule has 1 aromatic carbocycles. The number of fused-ring (bicyclic) bond motifs is 1. The molecule has 2 N–H and O–H groups in total. The molecule has 0 radical (unpaired) electrons. The molecular formula is C24H26N8O2S. The molecule has 1 unspecified atom stereocenters. The zero-order chi connectivity index (χ0) is 24.4. The van der Waals surface area contributed by atoms with Gasteiger partial charge in [0.1, 0.15) is 4.88 Å². The topological polar surface area (TPSA) is 123 Å². The van der Waals surface area contributed by atoms with Gasteiger partial charge >= 0.3 is 0 Å². The fraction of sp³-hybridized carbons (Fsp3) is 0.375. The summed E-state index contributed by atoms with van der Waals surface area (Å²) in [5.74, 6) is 0.392. The van der Waals surface area contributed by atoms with E-state index >= 15 is 0 Å². The number of benzene rings is 1. The van der Waals surface area contributed by atoms with Gasteiger partial charge in [-0.15, -0.1) is 0 Å². The molecule has 0 bridgehead atoms. The number of thiazole rings is 1. The van der Waals surface area contributed by atoms with Crippen molar-refractivity contribution in [2.24, 2.45) is 0 Å². The largest absolute Gasteiger partial charge is 0.356 e. The van der Waals surface area contributed by atoms with Crippen molar-refractivity contribution in [3.63, 3.8) is 0 Å². The number of hydrogen-bond acceptors (Lipinski definition) is 8.